The first kappa shape index (κ1) is 20.7. The molecule has 0 aliphatic heterocycles. The molecule has 0 amide bonds. The van der Waals surface area contributed by atoms with E-state index < -0.39 is 0 Å². The molecule has 0 saturated heterocycles. The van der Waals surface area contributed by atoms with Crippen LogP contribution in [0.4, 0.5) is 0 Å². The second-order valence-electron chi connectivity index (χ2n) is 11.8. The number of rotatable bonds is 3. The van der Waals surface area contributed by atoms with E-state index in [-0.39, 0.29) is 23.0 Å². The fourth-order valence-corrected chi connectivity index (χ4v) is 8.96. The number of carbonyl (C=O) groups is 1. The van der Waals surface area contributed by atoms with E-state index in [9.17, 15) is 10.1 Å². The summed E-state index contributed by atoms with van der Waals surface area (Å²) in [5.74, 6) is 2.00. The average molecular weight is 410 g/mol. The lowest BCUT2D eigenvalue weighted by Crippen LogP contribution is -2.51. The van der Waals surface area contributed by atoms with Crippen molar-refractivity contribution >= 4 is 5.78 Å². The number of Topliss-reactive ketones (excluding diaryl/α,β-unsaturated/α-hetero) is 1. The van der Waals surface area contributed by atoms with Gasteiger partial charge in [0, 0.05) is 5.92 Å². The molecule has 3 heteroatoms. The van der Waals surface area contributed by atoms with Crippen LogP contribution >= 0.6 is 0 Å². The van der Waals surface area contributed by atoms with Gasteiger partial charge in [0.2, 0.25) is 0 Å². The lowest BCUT2D eigenvalue weighted by atomic mass is 9.47. The highest BCUT2D eigenvalue weighted by atomic mass is 16.5. The Morgan fingerprint density at radius 2 is 1.87 bits per heavy atom. The average Bonchev–Trinajstić information content (AvgIpc) is 3.32. The summed E-state index contributed by atoms with van der Waals surface area (Å²) in [5.41, 5.74) is 1.99. The third-order valence-corrected chi connectivity index (χ3v) is 10.4. The first-order valence-corrected chi connectivity index (χ1v) is 12.6. The molecule has 30 heavy (non-hydrogen) atoms. The van der Waals surface area contributed by atoms with Crippen molar-refractivity contribution in [2.24, 2.45) is 40.4 Å². The number of carbonyl (C=O) groups excluding carboxylic acids is 1. The van der Waals surface area contributed by atoms with Crippen molar-refractivity contribution < 1.29 is 9.53 Å². The molecule has 0 unspecified atom stereocenters. The quantitative estimate of drug-likeness (QED) is 0.519. The Bertz CT molecular complexity index is 774. The highest BCUT2D eigenvalue weighted by Crippen LogP contribution is 2.67. The molecule has 5 aliphatic rings. The number of nitriles is 1. The van der Waals surface area contributed by atoms with Crippen LogP contribution in [0.5, 0.6) is 0 Å². The number of nitrogens with zero attached hydrogens (tertiary/aromatic N) is 1. The Labute approximate surface area is 182 Å². The fraction of sp³-hybridized carbons (Fsp3) is 0.852. The van der Waals surface area contributed by atoms with Gasteiger partial charge in [-0.15, -0.1) is 0 Å². The number of ketones is 1. The molecule has 0 aromatic heterocycles. The van der Waals surface area contributed by atoms with Crippen molar-refractivity contribution in [3.05, 3.63) is 11.6 Å². The van der Waals surface area contributed by atoms with Crippen molar-refractivity contribution in [3.8, 4) is 6.07 Å². The van der Waals surface area contributed by atoms with E-state index in [1.54, 1.807) is 12.5 Å². The third-order valence-electron chi connectivity index (χ3n) is 10.4. The van der Waals surface area contributed by atoms with E-state index in [0.29, 0.717) is 35.4 Å². The molecular weight excluding hydrogens is 370 g/mol. The van der Waals surface area contributed by atoms with E-state index in [0.717, 1.165) is 25.7 Å². The standard InChI is InChI=1S/C27H39NO2/c1-17(29)25-18(16-28)14-24-22-9-8-19-15-21(30-20-6-4-5-7-20)10-12-26(19,2)23(22)11-13-27(24,25)3/h8,18,20-25H,4-7,9-15H2,1-3H3/t18-,21-,22+,23-,24-,25-,26-,27-/m0/s1. The number of fused-ring (bicyclic) bond motifs is 5. The molecule has 3 nitrogen and oxygen atoms in total. The summed E-state index contributed by atoms with van der Waals surface area (Å²) in [6.45, 7) is 6.59. The summed E-state index contributed by atoms with van der Waals surface area (Å²) in [6.07, 6.45) is 16.7. The van der Waals surface area contributed by atoms with Crippen LogP contribution in [0.2, 0.25) is 0 Å². The topological polar surface area (TPSA) is 50.1 Å². The van der Waals surface area contributed by atoms with Gasteiger partial charge in [-0.25, -0.2) is 0 Å². The minimum atomic E-state index is -0.0787. The molecule has 4 saturated carbocycles. The largest absolute Gasteiger partial charge is 0.375 e. The van der Waals surface area contributed by atoms with E-state index in [2.05, 4.69) is 26.0 Å². The lowest BCUT2D eigenvalue weighted by molar-refractivity contribution is -0.128. The van der Waals surface area contributed by atoms with Crippen molar-refractivity contribution in [1.29, 1.82) is 5.26 Å². The number of hydrogen-bond donors (Lipinski definition) is 0. The van der Waals surface area contributed by atoms with Crippen molar-refractivity contribution in [3.63, 3.8) is 0 Å². The first-order valence-electron chi connectivity index (χ1n) is 12.6. The maximum Gasteiger partial charge on any atom is 0.134 e. The smallest absolute Gasteiger partial charge is 0.134 e. The van der Waals surface area contributed by atoms with Gasteiger partial charge in [0.15, 0.2) is 0 Å². The maximum absolute atomic E-state index is 12.5. The molecule has 8 atom stereocenters. The maximum atomic E-state index is 12.5. The molecule has 5 aliphatic carbocycles. The molecule has 0 aromatic rings. The molecule has 4 fully saturated rings. The zero-order valence-corrected chi connectivity index (χ0v) is 19.2. The van der Waals surface area contributed by atoms with Crippen LogP contribution in [-0.4, -0.2) is 18.0 Å². The highest BCUT2D eigenvalue weighted by Gasteiger charge is 2.62. The zero-order chi connectivity index (χ0) is 21.1. The zero-order valence-electron chi connectivity index (χ0n) is 19.2. The van der Waals surface area contributed by atoms with Crippen molar-refractivity contribution in [2.75, 3.05) is 0 Å². The van der Waals surface area contributed by atoms with Gasteiger partial charge in [0.05, 0.1) is 24.2 Å². The number of hydrogen-bond acceptors (Lipinski definition) is 3. The van der Waals surface area contributed by atoms with Gasteiger partial charge >= 0.3 is 0 Å². The number of ether oxygens (including phenoxy) is 1. The Morgan fingerprint density at radius 1 is 1.10 bits per heavy atom. The first-order chi connectivity index (χ1) is 14.4. The second kappa shape index (κ2) is 7.47. The van der Waals surface area contributed by atoms with E-state index >= 15 is 0 Å². The van der Waals surface area contributed by atoms with Crippen molar-refractivity contribution in [2.45, 2.75) is 104 Å². The van der Waals surface area contributed by atoms with E-state index in [4.69, 9.17) is 4.74 Å². The Kier molecular flexibility index (Phi) is 5.17. The lowest BCUT2D eigenvalue weighted by Gasteiger charge is -2.58. The van der Waals surface area contributed by atoms with E-state index in [1.165, 1.54) is 44.9 Å². The van der Waals surface area contributed by atoms with Crippen molar-refractivity contribution in [1.82, 2.24) is 0 Å². The highest BCUT2D eigenvalue weighted by molar-refractivity contribution is 5.80. The van der Waals surface area contributed by atoms with Crippen LogP contribution in [0.3, 0.4) is 0 Å². The summed E-state index contributed by atoms with van der Waals surface area (Å²) < 4.78 is 6.52. The third kappa shape index (κ3) is 3.04. The van der Waals surface area contributed by atoms with Crippen LogP contribution in [0.25, 0.3) is 0 Å². The van der Waals surface area contributed by atoms with Gasteiger partial charge < -0.3 is 4.74 Å². The Hall–Kier alpha value is -1.14. The summed E-state index contributed by atoms with van der Waals surface area (Å²) in [5, 5.41) is 9.80. The Morgan fingerprint density at radius 3 is 2.57 bits per heavy atom. The molecule has 0 spiro atoms. The second-order valence-corrected chi connectivity index (χ2v) is 11.8. The predicted molar refractivity (Wildman–Crippen MR) is 117 cm³/mol. The monoisotopic (exact) mass is 409 g/mol. The van der Waals surface area contributed by atoms with Crippen LogP contribution < -0.4 is 0 Å². The van der Waals surface area contributed by atoms with Gasteiger partial charge in [-0.3, -0.25) is 4.79 Å². The number of allylic oxidation sites excluding steroid dienone is 1. The minimum absolute atomic E-state index is 0.0257. The summed E-state index contributed by atoms with van der Waals surface area (Å²) in [7, 11) is 0. The van der Waals surface area contributed by atoms with Crippen LogP contribution in [0.1, 0.15) is 91.4 Å². The minimum Gasteiger partial charge on any atom is -0.375 e. The van der Waals surface area contributed by atoms with Gasteiger partial charge in [-0.05, 0) is 93.3 Å². The van der Waals surface area contributed by atoms with Crippen LogP contribution in [-0.2, 0) is 9.53 Å². The SMILES string of the molecule is CC(=O)[C@H]1[C@H](C#N)C[C@H]2[C@@H]3CC=C4C[C@@H](OC5CCCC5)CC[C@]4(C)[C@H]3CC[C@@]21C. The molecule has 0 aromatic carbocycles. The summed E-state index contributed by atoms with van der Waals surface area (Å²) >= 11 is 0. The molecule has 0 heterocycles. The van der Waals surface area contributed by atoms with Gasteiger partial charge in [-0.1, -0.05) is 38.3 Å². The summed E-state index contributed by atoms with van der Waals surface area (Å²) in [4.78, 5) is 12.5. The van der Waals surface area contributed by atoms with Crippen LogP contribution in [0.15, 0.2) is 11.6 Å². The predicted octanol–water partition coefficient (Wildman–Crippen LogP) is 6.23. The Balaban J connectivity index is 1.37. The van der Waals surface area contributed by atoms with Gasteiger partial charge in [0.25, 0.3) is 0 Å². The molecule has 5 rings (SSSR count). The molecule has 0 N–H and O–H groups in total. The summed E-state index contributed by atoms with van der Waals surface area (Å²) in [6, 6.07) is 2.53. The van der Waals surface area contributed by atoms with Gasteiger partial charge in [-0.2, -0.15) is 5.26 Å². The normalized spacial score (nSPS) is 48.3. The molecule has 0 bridgehead atoms. The molecular formula is C27H39NO2. The van der Waals surface area contributed by atoms with E-state index in [1.807, 2.05) is 0 Å². The van der Waals surface area contributed by atoms with Gasteiger partial charge in [0.1, 0.15) is 5.78 Å². The van der Waals surface area contributed by atoms with Crippen LogP contribution in [0, 0.1) is 51.8 Å². The molecule has 164 valence electrons. The molecule has 0 radical (unpaired) electrons. The fourth-order valence-electron chi connectivity index (χ4n) is 8.96.